The lowest BCUT2D eigenvalue weighted by Gasteiger charge is -2.08. The van der Waals surface area contributed by atoms with Crippen LogP contribution in [0.5, 0.6) is 0 Å². The van der Waals surface area contributed by atoms with Gasteiger partial charge in [-0.3, -0.25) is 0 Å². The molecule has 9 heteroatoms. The van der Waals surface area contributed by atoms with Gasteiger partial charge >= 0.3 is 0 Å². The molecule has 2 rings (SSSR count). The molecular weight excluding hydrogens is 290 g/mol. The fourth-order valence-corrected chi connectivity index (χ4v) is 3.00. The second-order valence-electron chi connectivity index (χ2n) is 3.91. The van der Waals surface area contributed by atoms with Crippen LogP contribution < -0.4 is 16.0 Å². The lowest BCUT2D eigenvalue weighted by atomic mass is 10.1. The second-order valence-corrected chi connectivity index (χ2v) is 7.00. The molecule has 0 aromatic heterocycles. The lowest BCUT2D eigenvalue weighted by molar-refractivity contribution is 0.595. The van der Waals surface area contributed by atoms with Gasteiger partial charge in [0.05, 0.1) is 15.5 Å². The zero-order valence-electron chi connectivity index (χ0n) is 9.49. The summed E-state index contributed by atoms with van der Waals surface area (Å²) in [6.07, 6.45) is 0. The molecule has 1 radical (unpaired) electrons. The Bertz CT molecular complexity index is 873. The Morgan fingerprint density at radius 3 is 2.00 bits per heavy atom. The first-order valence-electron chi connectivity index (χ1n) is 4.95. The molecule has 0 spiro atoms. The Morgan fingerprint density at radius 2 is 1.47 bits per heavy atom. The predicted octanol–water partition coefficient (Wildman–Crippen LogP) is 0.0490. The molecule has 0 heterocycles. The van der Waals surface area contributed by atoms with Gasteiger partial charge in [0.2, 0.25) is 20.0 Å². The largest absolute Gasteiger partial charge is 0.300 e. The molecule has 0 aliphatic heterocycles. The molecule has 5 N–H and O–H groups in total. The number of hydrogen-bond donors (Lipinski definition) is 2. The van der Waals surface area contributed by atoms with Crippen molar-refractivity contribution in [1.82, 2.24) is 5.73 Å². The van der Waals surface area contributed by atoms with Gasteiger partial charge in [0.25, 0.3) is 0 Å². The number of hydrogen-bond acceptors (Lipinski definition) is 4. The third-order valence-electron chi connectivity index (χ3n) is 2.58. The minimum absolute atomic E-state index is 0.0570. The Hall–Kier alpha value is -1.68. The molecule has 0 fully saturated rings. The van der Waals surface area contributed by atoms with E-state index in [1.165, 1.54) is 18.2 Å². The van der Waals surface area contributed by atoms with Crippen LogP contribution in [0.4, 0.5) is 5.69 Å². The highest BCUT2D eigenvalue weighted by Gasteiger charge is 2.17. The van der Waals surface area contributed by atoms with Crippen molar-refractivity contribution in [3.63, 3.8) is 0 Å². The highest BCUT2D eigenvalue weighted by Crippen LogP contribution is 2.29. The van der Waals surface area contributed by atoms with E-state index in [2.05, 4.69) is 0 Å². The summed E-state index contributed by atoms with van der Waals surface area (Å²) in [5.41, 5.74) is 7.73. The number of rotatable bonds is 2. The highest BCUT2D eigenvalue weighted by atomic mass is 32.2. The summed E-state index contributed by atoms with van der Waals surface area (Å²) < 4.78 is 45.5. The van der Waals surface area contributed by atoms with Crippen LogP contribution in [0.1, 0.15) is 0 Å². The minimum Gasteiger partial charge on any atom is -0.300 e. The summed E-state index contributed by atoms with van der Waals surface area (Å²) in [5.74, 6) is 0. The quantitative estimate of drug-likeness (QED) is 0.807. The topological polar surface area (TPSA) is 144 Å². The molecule has 0 saturated heterocycles. The van der Waals surface area contributed by atoms with Gasteiger partial charge in [-0.15, -0.1) is 0 Å². The molecule has 19 heavy (non-hydrogen) atoms. The van der Waals surface area contributed by atoms with Crippen LogP contribution in [0.3, 0.4) is 0 Å². The molecule has 0 aliphatic carbocycles. The molecule has 0 aliphatic rings. The van der Waals surface area contributed by atoms with Crippen LogP contribution in [0.15, 0.2) is 40.1 Å². The Kier molecular flexibility index (Phi) is 3.01. The summed E-state index contributed by atoms with van der Waals surface area (Å²) in [6, 6.07) is 6.07. The highest BCUT2D eigenvalue weighted by molar-refractivity contribution is 7.89. The first-order chi connectivity index (χ1) is 8.60. The molecule has 2 aromatic carbocycles. The molecule has 7 nitrogen and oxygen atoms in total. The Labute approximate surface area is 110 Å². The van der Waals surface area contributed by atoms with E-state index in [0.29, 0.717) is 0 Å². The van der Waals surface area contributed by atoms with Gasteiger partial charge in [0.15, 0.2) is 0 Å². The van der Waals surface area contributed by atoms with E-state index in [9.17, 15) is 16.8 Å². The number of fused-ring (bicyclic) bond motifs is 1. The maximum absolute atomic E-state index is 11.5. The van der Waals surface area contributed by atoms with Gasteiger partial charge in [0, 0.05) is 10.8 Å². The average molecular weight is 300 g/mol. The van der Waals surface area contributed by atoms with E-state index < -0.39 is 20.0 Å². The summed E-state index contributed by atoms with van der Waals surface area (Å²) in [6.45, 7) is 0. The molecule has 0 amide bonds. The van der Waals surface area contributed by atoms with Gasteiger partial charge in [0.1, 0.15) is 0 Å². The lowest BCUT2D eigenvalue weighted by Crippen LogP contribution is -2.14. The first kappa shape index (κ1) is 13.7. The summed E-state index contributed by atoms with van der Waals surface area (Å²) >= 11 is 0. The molecule has 0 unspecified atom stereocenters. The summed E-state index contributed by atoms with van der Waals surface area (Å²) in [5, 5.41) is 10.4. The van der Waals surface area contributed by atoms with E-state index in [-0.39, 0.29) is 26.3 Å². The first-order valence-corrected chi connectivity index (χ1v) is 8.04. The normalized spacial score (nSPS) is 12.7. The predicted molar refractivity (Wildman–Crippen MR) is 69.5 cm³/mol. The van der Waals surface area contributed by atoms with Gasteiger partial charge in [-0.05, 0) is 24.3 Å². The Balaban J connectivity index is 2.98. The molecule has 2 aromatic rings. The van der Waals surface area contributed by atoms with E-state index in [1.54, 1.807) is 0 Å². The molecule has 0 saturated carbocycles. The van der Waals surface area contributed by atoms with Gasteiger partial charge < -0.3 is 5.73 Å². The van der Waals surface area contributed by atoms with E-state index >= 15 is 0 Å². The SMILES string of the molecule is [NH]c1ccc(S(N)(=O)=O)c2cc(S(N)(=O)=O)ccc12. The number of sulfonamides is 2. The van der Waals surface area contributed by atoms with Crippen molar-refractivity contribution >= 4 is 36.5 Å². The van der Waals surface area contributed by atoms with Crippen LogP contribution in [0.25, 0.3) is 10.8 Å². The van der Waals surface area contributed by atoms with Crippen molar-refractivity contribution in [2.45, 2.75) is 9.79 Å². The standard InChI is InChI=1S/C10H10N3O4S2/c11-9-3-4-10(19(13,16)17)8-5-6(18(12,14)15)1-2-7(8)9/h1-5,11H,(H2,12,14,15)(H2,13,16,17). The van der Waals surface area contributed by atoms with Crippen molar-refractivity contribution in [3.05, 3.63) is 30.3 Å². The van der Waals surface area contributed by atoms with Crippen molar-refractivity contribution in [1.29, 1.82) is 0 Å². The van der Waals surface area contributed by atoms with Crippen LogP contribution >= 0.6 is 0 Å². The molecule has 0 atom stereocenters. The fraction of sp³-hybridized carbons (Fsp3) is 0. The van der Waals surface area contributed by atoms with Gasteiger partial charge in [-0.25, -0.2) is 27.1 Å². The maximum Gasteiger partial charge on any atom is 0.238 e. The number of nitrogens with one attached hydrogen (secondary N) is 1. The van der Waals surface area contributed by atoms with Gasteiger partial charge in [-0.1, -0.05) is 6.07 Å². The molecule has 101 valence electrons. The third-order valence-corrected chi connectivity index (χ3v) is 4.46. The second kappa shape index (κ2) is 4.17. The maximum atomic E-state index is 11.5. The van der Waals surface area contributed by atoms with Crippen molar-refractivity contribution in [3.8, 4) is 0 Å². The van der Waals surface area contributed by atoms with Crippen LogP contribution in [-0.4, -0.2) is 16.8 Å². The number of nitrogens with two attached hydrogens (primary N) is 2. The zero-order chi connectivity index (χ0) is 14.4. The fourth-order valence-electron chi connectivity index (χ4n) is 1.73. The Morgan fingerprint density at radius 1 is 0.842 bits per heavy atom. The smallest absolute Gasteiger partial charge is 0.238 e. The van der Waals surface area contributed by atoms with E-state index in [4.69, 9.17) is 16.0 Å². The van der Waals surface area contributed by atoms with E-state index in [0.717, 1.165) is 12.1 Å². The third kappa shape index (κ3) is 2.54. The molecular formula is C10H10N3O4S2. The zero-order valence-corrected chi connectivity index (χ0v) is 11.1. The average Bonchev–Trinajstić information content (AvgIpc) is 2.26. The van der Waals surface area contributed by atoms with Crippen LogP contribution in [-0.2, 0) is 20.0 Å². The van der Waals surface area contributed by atoms with Crippen molar-refractivity contribution in [2.24, 2.45) is 10.3 Å². The van der Waals surface area contributed by atoms with Crippen LogP contribution in [0, 0.1) is 0 Å². The summed E-state index contributed by atoms with van der Waals surface area (Å²) in [4.78, 5) is -0.487. The van der Waals surface area contributed by atoms with Gasteiger partial charge in [-0.2, -0.15) is 0 Å². The molecule has 0 bridgehead atoms. The van der Waals surface area contributed by atoms with Crippen molar-refractivity contribution < 1.29 is 16.8 Å². The number of primary sulfonamides is 2. The summed E-state index contributed by atoms with van der Waals surface area (Å²) in [7, 11) is -7.99. The minimum atomic E-state index is -4.03. The monoisotopic (exact) mass is 300 g/mol. The van der Waals surface area contributed by atoms with Crippen LogP contribution in [0.2, 0.25) is 0 Å². The van der Waals surface area contributed by atoms with E-state index in [1.807, 2.05) is 0 Å². The number of benzene rings is 2. The van der Waals surface area contributed by atoms with Crippen molar-refractivity contribution in [2.75, 3.05) is 0 Å².